The SMILES string of the molecule is CCOC(=O)CCCNC(=O)CN1CC(CN)CCC1C. The lowest BCUT2D eigenvalue weighted by Gasteiger charge is -2.37. The molecule has 21 heavy (non-hydrogen) atoms. The van der Waals surface area contributed by atoms with Crippen LogP contribution in [0, 0.1) is 5.92 Å². The van der Waals surface area contributed by atoms with Gasteiger partial charge in [0.1, 0.15) is 0 Å². The molecule has 1 fully saturated rings. The van der Waals surface area contributed by atoms with E-state index in [1.54, 1.807) is 6.92 Å². The van der Waals surface area contributed by atoms with Gasteiger partial charge in [0.15, 0.2) is 0 Å². The molecule has 0 aliphatic carbocycles. The molecule has 6 heteroatoms. The van der Waals surface area contributed by atoms with E-state index in [0.29, 0.717) is 51.0 Å². The molecule has 0 aromatic rings. The van der Waals surface area contributed by atoms with Crippen molar-refractivity contribution in [3.63, 3.8) is 0 Å². The van der Waals surface area contributed by atoms with Gasteiger partial charge in [-0.15, -0.1) is 0 Å². The van der Waals surface area contributed by atoms with Gasteiger partial charge in [0, 0.05) is 25.6 Å². The average molecular weight is 299 g/mol. The van der Waals surface area contributed by atoms with Crippen LogP contribution in [0.3, 0.4) is 0 Å². The zero-order chi connectivity index (χ0) is 15.7. The van der Waals surface area contributed by atoms with Crippen LogP contribution >= 0.6 is 0 Å². The number of nitrogens with two attached hydrogens (primary N) is 1. The number of nitrogens with zero attached hydrogens (tertiary/aromatic N) is 1. The summed E-state index contributed by atoms with van der Waals surface area (Å²) in [4.78, 5) is 25.3. The Bertz CT molecular complexity index is 336. The van der Waals surface area contributed by atoms with E-state index >= 15 is 0 Å². The van der Waals surface area contributed by atoms with Gasteiger partial charge in [-0.3, -0.25) is 14.5 Å². The number of amides is 1. The first kappa shape index (κ1) is 17.9. The third-order valence-corrected chi connectivity index (χ3v) is 3.97. The van der Waals surface area contributed by atoms with Crippen molar-refractivity contribution in [1.29, 1.82) is 0 Å². The topological polar surface area (TPSA) is 84.7 Å². The summed E-state index contributed by atoms with van der Waals surface area (Å²) in [7, 11) is 0. The smallest absolute Gasteiger partial charge is 0.305 e. The largest absolute Gasteiger partial charge is 0.466 e. The van der Waals surface area contributed by atoms with Crippen LogP contribution in [0.2, 0.25) is 0 Å². The van der Waals surface area contributed by atoms with Crippen LogP contribution in [-0.2, 0) is 14.3 Å². The van der Waals surface area contributed by atoms with Gasteiger partial charge in [-0.25, -0.2) is 0 Å². The predicted molar refractivity (Wildman–Crippen MR) is 81.7 cm³/mol. The first-order valence-corrected chi connectivity index (χ1v) is 7.93. The van der Waals surface area contributed by atoms with Crippen molar-refractivity contribution in [2.45, 2.75) is 45.6 Å². The van der Waals surface area contributed by atoms with Crippen molar-refractivity contribution in [3.05, 3.63) is 0 Å². The zero-order valence-corrected chi connectivity index (χ0v) is 13.3. The van der Waals surface area contributed by atoms with Gasteiger partial charge < -0.3 is 15.8 Å². The average Bonchev–Trinajstić information content (AvgIpc) is 2.46. The van der Waals surface area contributed by atoms with E-state index in [4.69, 9.17) is 10.5 Å². The summed E-state index contributed by atoms with van der Waals surface area (Å²) in [5, 5.41) is 2.86. The van der Waals surface area contributed by atoms with Crippen LogP contribution in [0.5, 0.6) is 0 Å². The highest BCUT2D eigenvalue weighted by atomic mass is 16.5. The Morgan fingerprint density at radius 3 is 2.81 bits per heavy atom. The predicted octanol–water partition coefficient (Wildman–Crippen LogP) is 0.505. The van der Waals surface area contributed by atoms with E-state index in [0.717, 1.165) is 19.4 Å². The fraction of sp³-hybridized carbons (Fsp3) is 0.867. The fourth-order valence-corrected chi connectivity index (χ4v) is 2.61. The molecule has 0 spiro atoms. The Labute approximate surface area is 127 Å². The molecular formula is C15H29N3O3. The first-order chi connectivity index (χ1) is 10.1. The molecule has 1 aliphatic heterocycles. The molecule has 0 radical (unpaired) electrons. The summed E-state index contributed by atoms with van der Waals surface area (Å²) in [5.74, 6) is 0.309. The second kappa shape index (κ2) is 9.73. The minimum atomic E-state index is -0.206. The summed E-state index contributed by atoms with van der Waals surface area (Å²) >= 11 is 0. The summed E-state index contributed by atoms with van der Waals surface area (Å²) in [6.07, 6.45) is 3.21. The van der Waals surface area contributed by atoms with Crippen LogP contribution in [0.1, 0.15) is 39.5 Å². The maximum absolute atomic E-state index is 11.9. The number of piperidine rings is 1. The van der Waals surface area contributed by atoms with Crippen LogP contribution in [0.15, 0.2) is 0 Å². The van der Waals surface area contributed by atoms with E-state index in [1.165, 1.54) is 0 Å². The van der Waals surface area contributed by atoms with Crippen molar-refractivity contribution in [3.8, 4) is 0 Å². The Hall–Kier alpha value is -1.14. The van der Waals surface area contributed by atoms with E-state index in [2.05, 4.69) is 17.1 Å². The number of carbonyl (C=O) groups is 2. The third-order valence-electron chi connectivity index (χ3n) is 3.97. The Morgan fingerprint density at radius 1 is 1.38 bits per heavy atom. The normalized spacial score (nSPS) is 22.8. The minimum absolute atomic E-state index is 0.0170. The van der Waals surface area contributed by atoms with Gasteiger partial charge in [0.2, 0.25) is 5.91 Å². The van der Waals surface area contributed by atoms with E-state index in [9.17, 15) is 9.59 Å². The van der Waals surface area contributed by atoms with Crippen LogP contribution in [0.25, 0.3) is 0 Å². The number of carbonyl (C=O) groups excluding carboxylic acids is 2. The standard InChI is InChI=1S/C15H29N3O3/c1-3-21-15(20)5-4-8-17-14(19)11-18-10-13(9-16)7-6-12(18)2/h12-13H,3-11,16H2,1-2H3,(H,17,19). The molecule has 6 nitrogen and oxygen atoms in total. The molecule has 1 saturated heterocycles. The number of hydrogen-bond donors (Lipinski definition) is 2. The Morgan fingerprint density at radius 2 is 2.14 bits per heavy atom. The molecular weight excluding hydrogens is 270 g/mol. The molecule has 1 heterocycles. The highest BCUT2D eigenvalue weighted by molar-refractivity contribution is 5.78. The monoisotopic (exact) mass is 299 g/mol. The summed E-state index contributed by atoms with van der Waals surface area (Å²) in [6.45, 7) is 6.85. The first-order valence-electron chi connectivity index (χ1n) is 7.93. The second-order valence-electron chi connectivity index (χ2n) is 5.72. The summed E-state index contributed by atoms with van der Waals surface area (Å²) in [6, 6.07) is 0.429. The van der Waals surface area contributed by atoms with Gasteiger partial charge in [0.25, 0.3) is 0 Å². The molecule has 0 bridgehead atoms. The molecule has 1 aliphatic rings. The quantitative estimate of drug-likeness (QED) is 0.504. The molecule has 3 N–H and O–H groups in total. The van der Waals surface area contributed by atoms with Crippen LogP contribution < -0.4 is 11.1 Å². The molecule has 2 atom stereocenters. The lowest BCUT2D eigenvalue weighted by Crippen LogP contribution is -2.48. The van der Waals surface area contributed by atoms with Gasteiger partial charge in [0.05, 0.1) is 13.2 Å². The van der Waals surface area contributed by atoms with Crippen molar-refractivity contribution < 1.29 is 14.3 Å². The van der Waals surface area contributed by atoms with E-state index in [1.807, 2.05) is 0 Å². The number of hydrogen-bond acceptors (Lipinski definition) is 5. The van der Waals surface area contributed by atoms with Crippen LogP contribution in [-0.4, -0.2) is 55.6 Å². The minimum Gasteiger partial charge on any atom is -0.466 e. The second-order valence-corrected chi connectivity index (χ2v) is 5.72. The maximum Gasteiger partial charge on any atom is 0.305 e. The molecule has 0 aromatic carbocycles. The highest BCUT2D eigenvalue weighted by Gasteiger charge is 2.25. The summed E-state index contributed by atoms with van der Waals surface area (Å²) < 4.78 is 4.84. The van der Waals surface area contributed by atoms with Crippen molar-refractivity contribution >= 4 is 11.9 Å². The van der Waals surface area contributed by atoms with Gasteiger partial charge in [-0.1, -0.05) is 0 Å². The van der Waals surface area contributed by atoms with Crippen molar-refractivity contribution in [2.75, 3.05) is 32.8 Å². The number of esters is 1. The van der Waals surface area contributed by atoms with Gasteiger partial charge in [-0.2, -0.15) is 0 Å². The highest BCUT2D eigenvalue weighted by Crippen LogP contribution is 2.20. The molecule has 1 amide bonds. The number of rotatable bonds is 8. The lowest BCUT2D eigenvalue weighted by molar-refractivity contribution is -0.143. The molecule has 2 unspecified atom stereocenters. The Kier molecular flexibility index (Phi) is 8.30. The summed E-state index contributed by atoms with van der Waals surface area (Å²) in [5.41, 5.74) is 5.72. The fourth-order valence-electron chi connectivity index (χ4n) is 2.61. The lowest BCUT2D eigenvalue weighted by atomic mass is 9.93. The van der Waals surface area contributed by atoms with Gasteiger partial charge in [-0.05, 0) is 45.6 Å². The van der Waals surface area contributed by atoms with Gasteiger partial charge >= 0.3 is 5.97 Å². The molecule has 122 valence electrons. The number of likely N-dealkylation sites (tertiary alicyclic amines) is 1. The zero-order valence-electron chi connectivity index (χ0n) is 13.3. The Balaban J connectivity index is 2.19. The maximum atomic E-state index is 11.9. The molecule has 1 rings (SSSR count). The van der Waals surface area contributed by atoms with Crippen LogP contribution in [0.4, 0.5) is 0 Å². The van der Waals surface area contributed by atoms with Crippen molar-refractivity contribution in [2.24, 2.45) is 11.7 Å². The third kappa shape index (κ3) is 6.91. The van der Waals surface area contributed by atoms with E-state index in [-0.39, 0.29) is 11.9 Å². The number of nitrogens with one attached hydrogen (secondary N) is 1. The number of ether oxygens (including phenoxy) is 1. The molecule has 0 aromatic heterocycles. The van der Waals surface area contributed by atoms with Crippen molar-refractivity contribution in [1.82, 2.24) is 10.2 Å². The van der Waals surface area contributed by atoms with E-state index < -0.39 is 0 Å². The molecule has 0 saturated carbocycles.